The third-order valence-corrected chi connectivity index (χ3v) is 3.01. The monoisotopic (exact) mass is 274 g/mol. The van der Waals surface area contributed by atoms with E-state index < -0.39 is 17.9 Å². The minimum absolute atomic E-state index is 0.195. The molecule has 0 aliphatic carbocycles. The molecule has 0 radical (unpaired) electrons. The molecule has 5 heteroatoms. The van der Waals surface area contributed by atoms with E-state index in [4.69, 9.17) is 14.6 Å². The van der Waals surface area contributed by atoms with Gasteiger partial charge in [0.25, 0.3) is 0 Å². The third kappa shape index (κ3) is 3.47. The molecule has 5 nitrogen and oxygen atoms in total. The number of carbonyl (C=O) groups is 2. The standard InChI is InChI=1S/C15H14O5/c16-14(17)9-12(15(18)19)8-10-3-5-11(6-4-10)13-2-1-7-20-13/h1-7,12H,8-9H2,(H,16,17)(H,18,19). The van der Waals surface area contributed by atoms with Crippen molar-refractivity contribution >= 4 is 11.9 Å². The van der Waals surface area contributed by atoms with E-state index in [-0.39, 0.29) is 12.8 Å². The van der Waals surface area contributed by atoms with E-state index in [1.165, 1.54) is 0 Å². The minimum Gasteiger partial charge on any atom is -0.481 e. The van der Waals surface area contributed by atoms with Crippen LogP contribution in [-0.2, 0) is 16.0 Å². The van der Waals surface area contributed by atoms with Crippen LogP contribution in [0.5, 0.6) is 0 Å². The molecule has 1 aromatic heterocycles. The fourth-order valence-electron chi connectivity index (χ4n) is 1.99. The highest BCUT2D eigenvalue weighted by molar-refractivity contribution is 5.78. The highest BCUT2D eigenvalue weighted by atomic mass is 16.4. The predicted octanol–water partition coefficient (Wildman–Crippen LogP) is 2.66. The lowest BCUT2D eigenvalue weighted by atomic mass is 9.95. The molecule has 20 heavy (non-hydrogen) atoms. The maximum absolute atomic E-state index is 11.0. The zero-order valence-electron chi connectivity index (χ0n) is 10.7. The van der Waals surface area contributed by atoms with Gasteiger partial charge < -0.3 is 14.6 Å². The number of rotatable bonds is 6. The van der Waals surface area contributed by atoms with Gasteiger partial charge >= 0.3 is 11.9 Å². The summed E-state index contributed by atoms with van der Waals surface area (Å²) >= 11 is 0. The number of aliphatic carboxylic acids is 2. The average molecular weight is 274 g/mol. The Kier molecular flexibility index (Phi) is 4.20. The fourth-order valence-corrected chi connectivity index (χ4v) is 1.99. The summed E-state index contributed by atoms with van der Waals surface area (Å²) in [5.41, 5.74) is 1.68. The molecule has 1 unspecified atom stereocenters. The Morgan fingerprint density at radius 3 is 2.30 bits per heavy atom. The van der Waals surface area contributed by atoms with Crippen LogP contribution in [0.4, 0.5) is 0 Å². The van der Waals surface area contributed by atoms with E-state index in [0.717, 1.165) is 16.9 Å². The number of carboxylic acid groups (broad SMARTS) is 2. The van der Waals surface area contributed by atoms with E-state index in [9.17, 15) is 9.59 Å². The van der Waals surface area contributed by atoms with Gasteiger partial charge in [-0.3, -0.25) is 9.59 Å². The normalized spacial score (nSPS) is 12.0. The lowest BCUT2D eigenvalue weighted by Gasteiger charge is -2.10. The van der Waals surface area contributed by atoms with Crippen LogP contribution in [0.25, 0.3) is 11.3 Å². The molecule has 104 valence electrons. The van der Waals surface area contributed by atoms with Crippen molar-refractivity contribution in [2.75, 3.05) is 0 Å². The lowest BCUT2D eigenvalue weighted by molar-refractivity contribution is -0.148. The van der Waals surface area contributed by atoms with Crippen molar-refractivity contribution in [3.8, 4) is 11.3 Å². The number of hydrogen-bond donors (Lipinski definition) is 2. The number of carboxylic acids is 2. The summed E-state index contributed by atoms with van der Waals surface area (Å²) in [6, 6.07) is 10.9. The molecule has 2 aromatic rings. The minimum atomic E-state index is -1.11. The van der Waals surface area contributed by atoms with Crippen LogP contribution in [0.1, 0.15) is 12.0 Å². The van der Waals surface area contributed by atoms with Gasteiger partial charge in [0.15, 0.2) is 0 Å². The second-order valence-electron chi connectivity index (χ2n) is 4.51. The van der Waals surface area contributed by atoms with Gasteiger partial charge in [0.1, 0.15) is 5.76 Å². The van der Waals surface area contributed by atoms with Gasteiger partial charge in [-0.25, -0.2) is 0 Å². The van der Waals surface area contributed by atoms with Crippen LogP contribution < -0.4 is 0 Å². The summed E-state index contributed by atoms with van der Waals surface area (Å²) in [6.07, 6.45) is 1.39. The van der Waals surface area contributed by atoms with Gasteiger partial charge in [-0.15, -0.1) is 0 Å². The maximum atomic E-state index is 11.0. The molecule has 0 aliphatic rings. The van der Waals surface area contributed by atoms with E-state index in [1.807, 2.05) is 18.2 Å². The summed E-state index contributed by atoms with van der Waals surface area (Å²) < 4.78 is 5.26. The molecule has 0 saturated carbocycles. The summed E-state index contributed by atoms with van der Waals surface area (Å²) in [4.78, 5) is 21.7. The molecule has 0 saturated heterocycles. The van der Waals surface area contributed by atoms with Crippen LogP contribution in [-0.4, -0.2) is 22.2 Å². The van der Waals surface area contributed by atoms with Crippen molar-refractivity contribution < 1.29 is 24.2 Å². The van der Waals surface area contributed by atoms with Crippen molar-refractivity contribution in [1.82, 2.24) is 0 Å². The SMILES string of the molecule is O=C(O)CC(Cc1ccc(-c2ccco2)cc1)C(=O)O. The van der Waals surface area contributed by atoms with E-state index >= 15 is 0 Å². The molecule has 0 amide bonds. The molecular weight excluding hydrogens is 260 g/mol. The van der Waals surface area contributed by atoms with Gasteiger partial charge in [0.2, 0.25) is 0 Å². The van der Waals surface area contributed by atoms with Gasteiger partial charge in [-0.05, 0) is 24.1 Å². The van der Waals surface area contributed by atoms with Crippen molar-refractivity contribution in [3.63, 3.8) is 0 Å². The van der Waals surface area contributed by atoms with E-state index in [1.54, 1.807) is 24.5 Å². The van der Waals surface area contributed by atoms with Crippen molar-refractivity contribution in [3.05, 3.63) is 48.2 Å². The van der Waals surface area contributed by atoms with Crippen molar-refractivity contribution in [2.45, 2.75) is 12.8 Å². The van der Waals surface area contributed by atoms with E-state index in [0.29, 0.717) is 0 Å². The molecule has 2 rings (SSSR count). The molecule has 1 aromatic carbocycles. The first kappa shape index (κ1) is 13.9. The van der Waals surface area contributed by atoms with Gasteiger partial charge in [-0.2, -0.15) is 0 Å². The van der Waals surface area contributed by atoms with E-state index in [2.05, 4.69) is 0 Å². The molecule has 1 atom stereocenters. The van der Waals surface area contributed by atoms with Gasteiger partial charge in [-0.1, -0.05) is 24.3 Å². The summed E-state index contributed by atoms with van der Waals surface area (Å²) in [5, 5.41) is 17.7. The number of furan rings is 1. The Morgan fingerprint density at radius 1 is 1.10 bits per heavy atom. The highest BCUT2D eigenvalue weighted by Crippen LogP contribution is 2.21. The summed E-state index contributed by atoms with van der Waals surface area (Å²) in [7, 11) is 0. The summed E-state index contributed by atoms with van der Waals surface area (Å²) in [6.45, 7) is 0. The molecule has 0 fully saturated rings. The first-order valence-electron chi connectivity index (χ1n) is 6.13. The molecule has 0 aliphatic heterocycles. The molecule has 0 bridgehead atoms. The van der Waals surface area contributed by atoms with Crippen molar-refractivity contribution in [2.24, 2.45) is 5.92 Å². The Morgan fingerprint density at radius 2 is 1.80 bits per heavy atom. The Labute approximate surface area is 115 Å². The average Bonchev–Trinajstić information content (AvgIpc) is 2.92. The first-order chi connectivity index (χ1) is 9.56. The number of benzene rings is 1. The molecule has 0 spiro atoms. The van der Waals surface area contributed by atoms with Crippen LogP contribution >= 0.6 is 0 Å². The van der Waals surface area contributed by atoms with Gasteiger partial charge in [0, 0.05) is 5.56 Å². The second kappa shape index (κ2) is 6.06. The van der Waals surface area contributed by atoms with Crippen LogP contribution in [0.2, 0.25) is 0 Å². The lowest BCUT2D eigenvalue weighted by Crippen LogP contribution is -2.20. The number of hydrogen-bond acceptors (Lipinski definition) is 3. The quantitative estimate of drug-likeness (QED) is 0.845. The highest BCUT2D eigenvalue weighted by Gasteiger charge is 2.21. The Balaban J connectivity index is 2.09. The van der Waals surface area contributed by atoms with Gasteiger partial charge in [0.05, 0.1) is 18.6 Å². The smallest absolute Gasteiger partial charge is 0.307 e. The Bertz CT molecular complexity index is 583. The van der Waals surface area contributed by atoms with Crippen LogP contribution in [0, 0.1) is 5.92 Å². The zero-order valence-corrected chi connectivity index (χ0v) is 10.7. The second-order valence-corrected chi connectivity index (χ2v) is 4.51. The largest absolute Gasteiger partial charge is 0.481 e. The van der Waals surface area contributed by atoms with Crippen molar-refractivity contribution in [1.29, 1.82) is 0 Å². The van der Waals surface area contributed by atoms with Crippen LogP contribution in [0.3, 0.4) is 0 Å². The molecular formula is C15H14O5. The Hall–Kier alpha value is -2.56. The fraction of sp³-hybridized carbons (Fsp3) is 0.200. The topological polar surface area (TPSA) is 87.7 Å². The predicted molar refractivity (Wildman–Crippen MR) is 71.2 cm³/mol. The molecule has 1 heterocycles. The van der Waals surface area contributed by atoms with Crippen LogP contribution in [0.15, 0.2) is 47.1 Å². The first-order valence-corrected chi connectivity index (χ1v) is 6.13. The maximum Gasteiger partial charge on any atom is 0.307 e. The summed E-state index contributed by atoms with van der Waals surface area (Å²) in [5.74, 6) is -2.38. The molecule has 2 N–H and O–H groups in total. The third-order valence-electron chi connectivity index (χ3n) is 3.01. The zero-order chi connectivity index (χ0) is 14.5.